The molecule has 1 saturated carbocycles. The average molecular weight is 449 g/mol. The van der Waals surface area contributed by atoms with Crippen molar-refractivity contribution >= 4 is 5.97 Å². The highest BCUT2D eigenvalue weighted by atomic mass is 16.5. The Morgan fingerprint density at radius 3 is 2.15 bits per heavy atom. The van der Waals surface area contributed by atoms with E-state index in [0.29, 0.717) is 12.5 Å². The smallest absolute Gasteiger partial charge is 0.330 e. The van der Waals surface area contributed by atoms with Gasteiger partial charge in [-0.15, -0.1) is 0 Å². The summed E-state index contributed by atoms with van der Waals surface area (Å²) in [7, 11) is 0. The van der Waals surface area contributed by atoms with Crippen LogP contribution < -0.4 is 4.74 Å². The van der Waals surface area contributed by atoms with E-state index in [1.54, 1.807) is 0 Å². The number of hydrogen-bond donors (Lipinski definition) is 0. The van der Waals surface area contributed by atoms with Gasteiger partial charge in [-0.3, -0.25) is 0 Å². The number of rotatable bonds is 13. The zero-order chi connectivity index (χ0) is 23.3. The second kappa shape index (κ2) is 13.9. The van der Waals surface area contributed by atoms with E-state index < -0.39 is 0 Å². The van der Waals surface area contributed by atoms with Crippen molar-refractivity contribution in [1.29, 1.82) is 0 Å². The summed E-state index contributed by atoms with van der Waals surface area (Å²) in [6, 6.07) is 17.7. The van der Waals surface area contributed by atoms with Gasteiger partial charge in [0.2, 0.25) is 0 Å². The van der Waals surface area contributed by atoms with Gasteiger partial charge in [-0.2, -0.15) is 0 Å². The number of unbranched alkanes of at least 4 members (excludes halogenated alkanes) is 3. The van der Waals surface area contributed by atoms with Crippen LogP contribution in [0.4, 0.5) is 0 Å². The van der Waals surface area contributed by atoms with Crippen molar-refractivity contribution in [3.05, 3.63) is 66.7 Å². The summed E-state index contributed by atoms with van der Waals surface area (Å²) < 4.78 is 10.7. The van der Waals surface area contributed by atoms with Crippen LogP contribution in [0.25, 0.3) is 11.1 Å². The van der Waals surface area contributed by atoms with Crippen molar-refractivity contribution in [2.45, 2.75) is 77.0 Å². The lowest BCUT2D eigenvalue weighted by atomic mass is 9.77. The van der Waals surface area contributed by atoms with E-state index in [4.69, 9.17) is 9.47 Å². The highest BCUT2D eigenvalue weighted by Crippen LogP contribution is 2.38. The quantitative estimate of drug-likeness (QED) is 0.176. The van der Waals surface area contributed by atoms with Crippen LogP contribution >= 0.6 is 0 Å². The molecule has 0 unspecified atom stereocenters. The molecule has 0 aromatic heterocycles. The molecule has 0 radical (unpaired) electrons. The Balaban J connectivity index is 1.35. The van der Waals surface area contributed by atoms with Crippen LogP contribution in [0.2, 0.25) is 0 Å². The van der Waals surface area contributed by atoms with Crippen LogP contribution in [0.1, 0.15) is 82.6 Å². The summed E-state index contributed by atoms with van der Waals surface area (Å²) >= 11 is 0. The second-order valence-electron chi connectivity index (χ2n) is 9.29. The first-order chi connectivity index (χ1) is 16.2. The largest absolute Gasteiger partial charge is 0.494 e. The molecule has 178 valence electrons. The number of hydrogen-bond acceptors (Lipinski definition) is 3. The topological polar surface area (TPSA) is 35.5 Å². The van der Waals surface area contributed by atoms with E-state index in [1.807, 2.05) is 0 Å². The lowest BCUT2D eigenvalue weighted by molar-refractivity contribution is -0.137. The Morgan fingerprint density at radius 2 is 1.52 bits per heavy atom. The maximum absolute atomic E-state index is 11.0. The highest BCUT2D eigenvalue weighted by Gasteiger charge is 2.22. The number of ether oxygens (including phenoxy) is 2. The third kappa shape index (κ3) is 8.38. The van der Waals surface area contributed by atoms with Crippen LogP contribution in [-0.2, 0) is 9.53 Å². The predicted molar refractivity (Wildman–Crippen MR) is 137 cm³/mol. The van der Waals surface area contributed by atoms with Gasteiger partial charge in [0, 0.05) is 6.08 Å². The molecule has 1 fully saturated rings. The molecule has 0 saturated heterocycles. The second-order valence-corrected chi connectivity index (χ2v) is 9.29. The van der Waals surface area contributed by atoms with Crippen molar-refractivity contribution in [3.8, 4) is 16.9 Å². The minimum Gasteiger partial charge on any atom is -0.494 e. The molecule has 1 aliphatic rings. The Kier molecular flexibility index (Phi) is 10.5. The monoisotopic (exact) mass is 448 g/mol. The number of esters is 1. The first-order valence-corrected chi connectivity index (χ1v) is 12.8. The molecule has 2 aromatic rings. The van der Waals surface area contributed by atoms with Crippen LogP contribution in [0, 0.1) is 5.92 Å². The van der Waals surface area contributed by atoms with Crippen molar-refractivity contribution in [3.63, 3.8) is 0 Å². The molecule has 2 aromatic carbocycles. The molecule has 3 heteroatoms. The van der Waals surface area contributed by atoms with Gasteiger partial charge < -0.3 is 9.47 Å². The lowest BCUT2D eigenvalue weighted by Crippen LogP contribution is -2.13. The van der Waals surface area contributed by atoms with Crippen LogP contribution in [0.5, 0.6) is 5.75 Å². The molecule has 0 bridgehead atoms. The highest BCUT2D eigenvalue weighted by molar-refractivity contribution is 5.81. The molecule has 0 spiro atoms. The van der Waals surface area contributed by atoms with Gasteiger partial charge in [-0.25, -0.2) is 4.79 Å². The fraction of sp³-hybridized carbons (Fsp3) is 0.500. The van der Waals surface area contributed by atoms with Gasteiger partial charge in [0.05, 0.1) is 13.2 Å². The summed E-state index contributed by atoms with van der Waals surface area (Å²) in [6.45, 7) is 6.83. The van der Waals surface area contributed by atoms with Gasteiger partial charge in [-0.05, 0) is 79.2 Å². The Hall–Kier alpha value is -2.55. The van der Waals surface area contributed by atoms with Crippen molar-refractivity contribution < 1.29 is 14.3 Å². The van der Waals surface area contributed by atoms with Gasteiger partial charge >= 0.3 is 5.97 Å². The van der Waals surface area contributed by atoms with E-state index >= 15 is 0 Å². The van der Waals surface area contributed by atoms with Gasteiger partial charge in [0.15, 0.2) is 0 Å². The third-order valence-corrected chi connectivity index (χ3v) is 6.81. The predicted octanol–water partition coefficient (Wildman–Crippen LogP) is 8.10. The van der Waals surface area contributed by atoms with Crippen LogP contribution in [0.3, 0.4) is 0 Å². The number of benzene rings is 2. The fourth-order valence-electron chi connectivity index (χ4n) is 4.82. The van der Waals surface area contributed by atoms with E-state index in [1.165, 1.54) is 67.7 Å². The average Bonchev–Trinajstić information content (AvgIpc) is 2.87. The molecule has 0 amide bonds. The first kappa shape index (κ1) is 25.1. The molecule has 3 rings (SSSR count). The van der Waals surface area contributed by atoms with E-state index in [-0.39, 0.29) is 5.97 Å². The molecular weight excluding hydrogens is 408 g/mol. The fourth-order valence-corrected chi connectivity index (χ4v) is 4.82. The minimum absolute atomic E-state index is 0.312. The molecule has 0 aliphatic heterocycles. The summed E-state index contributed by atoms with van der Waals surface area (Å²) in [4.78, 5) is 11.0. The zero-order valence-corrected chi connectivity index (χ0v) is 20.3. The van der Waals surface area contributed by atoms with Gasteiger partial charge in [0.25, 0.3) is 0 Å². The van der Waals surface area contributed by atoms with Crippen molar-refractivity contribution in [1.82, 2.24) is 0 Å². The molecule has 33 heavy (non-hydrogen) atoms. The lowest BCUT2D eigenvalue weighted by Gasteiger charge is -2.29. The van der Waals surface area contributed by atoms with Gasteiger partial charge in [0.1, 0.15) is 5.75 Å². The van der Waals surface area contributed by atoms with Crippen LogP contribution in [-0.4, -0.2) is 19.2 Å². The molecular formula is C30H40O3. The molecule has 0 N–H and O–H groups in total. The zero-order valence-electron chi connectivity index (χ0n) is 20.3. The van der Waals surface area contributed by atoms with E-state index in [9.17, 15) is 4.79 Å². The maximum Gasteiger partial charge on any atom is 0.330 e. The van der Waals surface area contributed by atoms with Crippen molar-refractivity contribution in [2.75, 3.05) is 13.2 Å². The molecule has 3 nitrogen and oxygen atoms in total. The Labute approximate surface area is 200 Å². The molecule has 1 aliphatic carbocycles. The normalized spacial score (nSPS) is 18.0. The first-order valence-electron chi connectivity index (χ1n) is 12.8. The molecule has 0 heterocycles. The summed E-state index contributed by atoms with van der Waals surface area (Å²) in [6.07, 6.45) is 13.5. The third-order valence-electron chi connectivity index (χ3n) is 6.81. The summed E-state index contributed by atoms with van der Waals surface area (Å²) in [5.74, 6) is 2.23. The van der Waals surface area contributed by atoms with Gasteiger partial charge in [-0.1, -0.05) is 75.6 Å². The summed E-state index contributed by atoms with van der Waals surface area (Å²) in [5, 5.41) is 0. The Morgan fingerprint density at radius 1 is 0.879 bits per heavy atom. The number of carbonyl (C=O) groups excluding carboxylic acids is 1. The minimum atomic E-state index is -0.312. The van der Waals surface area contributed by atoms with E-state index in [2.05, 4.69) is 62.0 Å². The maximum atomic E-state index is 11.0. The SMILES string of the molecule is C=CC(=O)OCCCCCCC1CCC(c2ccc(-c3ccc(OCCC)cc3)cc2)CC1. The standard InChI is InChI=1S/C30H40O3/c1-3-22-32-29-20-18-28(19-21-29)27-16-14-26(15-17-27)25-12-10-24(11-13-25)9-7-5-6-8-23-33-30(31)4-2/h4,14-21,24-25H,2-3,5-13,22-23H2,1H3. The van der Waals surface area contributed by atoms with Crippen molar-refractivity contribution in [2.24, 2.45) is 5.92 Å². The Bertz CT molecular complexity index is 830. The van der Waals surface area contributed by atoms with E-state index in [0.717, 1.165) is 37.5 Å². The molecule has 0 atom stereocenters. The number of carbonyl (C=O) groups is 1. The van der Waals surface area contributed by atoms with Crippen LogP contribution in [0.15, 0.2) is 61.2 Å². The summed E-state index contributed by atoms with van der Waals surface area (Å²) in [5.41, 5.74) is 4.01.